The molecule has 172 valence electrons. The summed E-state index contributed by atoms with van der Waals surface area (Å²) in [5, 5.41) is 13.8. The van der Waals surface area contributed by atoms with Crippen molar-refractivity contribution in [3.05, 3.63) is 94.0 Å². The zero-order valence-corrected chi connectivity index (χ0v) is 19.4. The van der Waals surface area contributed by atoms with E-state index in [0.29, 0.717) is 5.69 Å². The van der Waals surface area contributed by atoms with Crippen LogP contribution >= 0.6 is 0 Å². The molecule has 3 aromatic rings. The average molecular weight is 468 g/mol. The highest BCUT2D eigenvalue weighted by Gasteiger charge is 2.27. The van der Waals surface area contributed by atoms with Gasteiger partial charge in [0.05, 0.1) is 26.8 Å². The molecule has 0 aliphatic heterocycles. The van der Waals surface area contributed by atoms with Gasteiger partial charge < -0.3 is 5.32 Å². The minimum absolute atomic E-state index is 0.0530. The standard InChI is InChI=1S/C24H25N3O5S/c1-17(2)19-12-14-20(15-13-19)26(33(31,32)21-8-5-4-6-9-21)16-24(28)25-22-10-7-11-23(18(22)3)27(29)30/h4-15,17H,16H2,1-3H3,(H,25,28). The van der Waals surface area contributed by atoms with Crippen LogP contribution in [0.25, 0.3) is 0 Å². The SMILES string of the molecule is Cc1c(NC(=O)CN(c2ccc(C(C)C)cc2)S(=O)(=O)c2ccccc2)cccc1[N+](=O)[O-]. The largest absolute Gasteiger partial charge is 0.324 e. The number of nitrogens with one attached hydrogen (secondary N) is 1. The second kappa shape index (κ2) is 9.83. The van der Waals surface area contributed by atoms with E-state index >= 15 is 0 Å². The maximum absolute atomic E-state index is 13.4. The number of nitro groups is 1. The van der Waals surface area contributed by atoms with Crippen molar-refractivity contribution >= 4 is 33.0 Å². The molecule has 0 atom stereocenters. The van der Waals surface area contributed by atoms with Crippen LogP contribution in [0.1, 0.15) is 30.9 Å². The summed E-state index contributed by atoms with van der Waals surface area (Å²) >= 11 is 0. The summed E-state index contributed by atoms with van der Waals surface area (Å²) in [4.78, 5) is 23.6. The van der Waals surface area contributed by atoms with Crippen molar-refractivity contribution in [1.82, 2.24) is 0 Å². The van der Waals surface area contributed by atoms with Crippen LogP contribution in [0.5, 0.6) is 0 Å². The van der Waals surface area contributed by atoms with E-state index in [-0.39, 0.29) is 27.8 Å². The summed E-state index contributed by atoms with van der Waals surface area (Å²) in [7, 11) is -4.04. The molecular weight excluding hydrogens is 442 g/mol. The first-order valence-corrected chi connectivity index (χ1v) is 11.8. The molecule has 33 heavy (non-hydrogen) atoms. The number of anilines is 2. The molecule has 1 N–H and O–H groups in total. The summed E-state index contributed by atoms with van der Waals surface area (Å²) < 4.78 is 27.8. The maximum Gasteiger partial charge on any atom is 0.274 e. The van der Waals surface area contributed by atoms with E-state index in [4.69, 9.17) is 0 Å². The number of nitrogens with zero attached hydrogens (tertiary/aromatic N) is 2. The van der Waals surface area contributed by atoms with Crippen molar-refractivity contribution in [2.75, 3.05) is 16.2 Å². The predicted octanol–water partition coefficient (Wildman–Crippen LogP) is 4.86. The Morgan fingerprint density at radius 3 is 2.21 bits per heavy atom. The number of carbonyl (C=O) groups is 1. The van der Waals surface area contributed by atoms with Gasteiger partial charge in [-0.05, 0) is 48.7 Å². The van der Waals surface area contributed by atoms with Crippen molar-refractivity contribution in [2.24, 2.45) is 0 Å². The van der Waals surface area contributed by atoms with E-state index in [1.165, 1.54) is 37.3 Å². The van der Waals surface area contributed by atoms with Crippen LogP contribution in [-0.4, -0.2) is 25.8 Å². The molecule has 0 unspecified atom stereocenters. The molecule has 0 heterocycles. The summed E-state index contributed by atoms with van der Waals surface area (Å²) in [5.41, 5.74) is 1.78. The van der Waals surface area contributed by atoms with E-state index < -0.39 is 27.4 Å². The lowest BCUT2D eigenvalue weighted by molar-refractivity contribution is -0.385. The highest BCUT2D eigenvalue weighted by atomic mass is 32.2. The van der Waals surface area contributed by atoms with E-state index in [9.17, 15) is 23.3 Å². The number of amides is 1. The van der Waals surface area contributed by atoms with Gasteiger partial charge in [-0.2, -0.15) is 0 Å². The molecule has 3 aromatic carbocycles. The minimum Gasteiger partial charge on any atom is -0.324 e. The van der Waals surface area contributed by atoms with Crippen molar-refractivity contribution in [2.45, 2.75) is 31.6 Å². The third kappa shape index (κ3) is 5.38. The smallest absolute Gasteiger partial charge is 0.274 e. The third-order valence-electron chi connectivity index (χ3n) is 5.24. The van der Waals surface area contributed by atoms with Crippen molar-refractivity contribution in [3.8, 4) is 0 Å². The maximum atomic E-state index is 13.4. The van der Waals surface area contributed by atoms with Gasteiger partial charge in [0.15, 0.2) is 0 Å². The predicted molar refractivity (Wildman–Crippen MR) is 128 cm³/mol. The number of hydrogen-bond donors (Lipinski definition) is 1. The highest BCUT2D eigenvalue weighted by Crippen LogP contribution is 2.27. The Morgan fingerprint density at radius 1 is 1.00 bits per heavy atom. The van der Waals surface area contributed by atoms with E-state index in [1.807, 2.05) is 26.0 Å². The Bertz CT molecular complexity index is 1260. The summed E-state index contributed by atoms with van der Waals surface area (Å²) in [6.07, 6.45) is 0. The Kier molecular flexibility index (Phi) is 7.13. The molecule has 0 saturated heterocycles. The van der Waals surface area contributed by atoms with Crippen LogP contribution in [0.4, 0.5) is 17.1 Å². The minimum atomic E-state index is -4.04. The zero-order valence-electron chi connectivity index (χ0n) is 18.6. The van der Waals surface area contributed by atoms with Crippen LogP contribution in [0.2, 0.25) is 0 Å². The van der Waals surface area contributed by atoms with Crippen LogP contribution in [0, 0.1) is 17.0 Å². The Balaban J connectivity index is 1.96. The summed E-state index contributed by atoms with van der Waals surface area (Å²) in [6, 6.07) is 19.2. The van der Waals surface area contributed by atoms with E-state index in [2.05, 4.69) is 5.32 Å². The van der Waals surface area contributed by atoms with Gasteiger partial charge in [0.2, 0.25) is 5.91 Å². The van der Waals surface area contributed by atoms with Gasteiger partial charge >= 0.3 is 0 Å². The van der Waals surface area contributed by atoms with Crippen LogP contribution < -0.4 is 9.62 Å². The van der Waals surface area contributed by atoms with Crippen molar-refractivity contribution < 1.29 is 18.1 Å². The normalized spacial score (nSPS) is 11.3. The molecule has 0 saturated carbocycles. The van der Waals surface area contributed by atoms with Crippen molar-refractivity contribution in [1.29, 1.82) is 0 Å². The lowest BCUT2D eigenvalue weighted by Gasteiger charge is -2.24. The summed E-state index contributed by atoms with van der Waals surface area (Å²) in [6.45, 7) is 5.09. The second-order valence-corrected chi connectivity index (χ2v) is 9.69. The first-order valence-electron chi connectivity index (χ1n) is 10.3. The Morgan fingerprint density at radius 2 is 1.64 bits per heavy atom. The molecule has 0 aliphatic carbocycles. The first kappa shape index (κ1) is 23.9. The fourth-order valence-corrected chi connectivity index (χ4v) is 4.78. The van der Waals surface area contributed by atoms with Gasteiger partial charge in [0.25, 0.3) is 15.7 Å². The van der Waals surface area contributed by atoms with Gasteiger partial charge in [0.1, 0.15) is 6.54 Å². The molecule has 1 amide bonds. The van der Waals surface area contributed by atoms with Crippen molar-refractivity contribution in [3.63, 3.8) is 0 Å². The topological polar surface area (TPSA) is 110 Å². The third-order valence-corrected chi connectivity index (χ3v) is 7.03. The number of benzene rings is 3. The van der Waals surface area contributed by atoms with E-state index in [1.54, 1.807) is 30.3 Å². The monoisotopic (exact) mass is 467 g/mol. The number of rotatable bonds is 8. The number of carbonyl (C=O) groups excluding carboxylic acids is 1. The number of hydrogen-bond acceptors (Lipinski definition) is 5. The Hall–Kier alpha value is -3.72. The van der Waals surface area contributed by atoms with Gasteiger partial charge in [-0.25, -0.2) is 8.42 Å². The van der Waals surface area contributed by atoms with Gasteiger partial charge in [-0.3, -0.25) is 19.2 Å². The molecule has 0 aliphatic rings. The van der Waals surface area contributed by atoms with Gasteiger partial charge in [-0.15, -0.1) is 0 Å². The molecule has 9 heteroatoms. The fourth-order valence-electron chi connectivity index (χ4n) is 3.34. The fraction of sp³-hybridized carbons (Fsp3) is 0.208. The number of nitro benzene ring substituents is 1. The molecule has 8 nitrogen and oxygen atoms in total. The highest BCUT2D eigenvalue weighted by molar-refractivity contribution is 7.92. The molecule has 3 rings (SSSR count). The molecule has 0 radical (unpaired) electrons. The average Bonchev–Trinajstić information content (AvgIpc) is 2.79. The lowest BCUT2D eigenvalue weighted by atomic mass is 10.0. The molecule has 0 aromatic heterocycles. The molecule has 0 fully saturated rings. The molecule has 0 bridgehead atoms. The Labute approximate surface area is 193 Å². The number of sulfonamides is 1. The lowest BCUT2D eigenvalue weighted by Crippen LogP contribution is -2.38. The van der Waals surface area contributed by atoms with Crippen LogP contribution in [0.3, 0.4) is 0 Å². The molecule has 0 spiro atoms. The van der Waals surface area contributed by atoms with E-state index in [0.717, 1.165) is 9.87 Å². The van der Waals surface area contributed by atoms with Gasteiger partial charge in [-0.1, -0.05) is 50.2 Å². The zero-order chi connectivity index (χ0) is 24.2. The first-order chi connectivity index (χ1) is 15.6. The molecular formula is C24H25N3O5S. The quantitative estimate of drug-likeness (QED) is 0.376. The second-order valence-electron chi connectivity index (χ2n) is 7.83. The van der Waals surface area contributed by atoms with Crippen LogP contribution in [0.15, 0.2) is 77.7 Å². The van der Waals surface area contributed by atoms with Gasteiger partial charge in [0, 0.05) is 6.07 Å². The van der Waals surface area contributed by atoms with Crippen LogP contribution in [-0.2, 0) is 14.8 Å². The summed E-state index contributed by atoms with van der Waals surface area (Å²) in [5.74, 6) is -0.357.